The number of carbonyl (C=O) groups is 1. The first-order valence-electron chi connectivity index (χ1n) is 5.85. The Hall–Kier alpha value is -0.660. The number of amides is 1. The van der Waals surface area contributed by atoms with Gasteiger partial charge in [-0.25, -0.2) is 8.42 Å². The maximum atomic E-state index is 12.2. The second-order valence-corrected chi connectivity index (χ2v) is 7.03. The summed E-state index contributed by atoms with van der Waals surface area (Å²) in [4.78, 5) is 11.0. The molecule has 1 heterocycles. The fraction of sp³-hybridized carbons (Fsp3) is 0.900. The highest BCUT2D eigenvalue weighted by Crippen LogP contribution is 2.18. The summed E-state index contributed by atoms with van der Waals surface area (Å²) in [6.07, 6.45) is 1.44. The summed E-state index contributed by atoms with van der Waals surface area (Å²) in [6, 6.07) is -0.115. The summed E-state index contributed by atoms with van der Waals surface area (Å²) >= 11 is 0. The Balaban J connectivity index is 2.90. The zero-order valence-corrected chi connectivity index (χ0v) is 11.2. The number of piperidine rings is 1. The first kappa shape index (κ1) is 14.4. The van der Waals surface area contributed by atoms with Crippen LogP contribution in [0.3, 0.4) is 0 Å². The molecule has 0 radical (unpaired) electrons. The van der Waals surface area contributed by atoms with E-state index in [0.717, 1.165) is 25.9 Å². The van der Waals surface area contributed by atoms with Crippen LogP contribution in [-0.2, 0) is 14.8 Å². The lowest BCUT2D eigenvalue weighted by atomic mass is 10.1. The van der Waals surface area contributed by atoms with E-state index in [9.17, 15) is 13.2 Å². The molecule has 1 aliphatic heterocycles. The molecule has 100 valence electrons. The Morgan fingerprint density at radius 2 is 1.94 bits per heavy atom. The molecule has 0 saturated carbocycles. The summed E-state index contributed by atoms with van der Waals surface area (Å²) in [5, 5.41) is 2.64. The van der Waals surface area contributed by atoms with Gasteiger partial charge in [0.25, 0.3) is 0 Å². The molecule has 0 aromatic carbocycles. The molecular formula is C10H21N3O3S. The number of rotatable bonds is 5. The van der Waals surface area contributed by atoms with Gasteiger partial charge in [0.05, 0.1) is 11.8 Å². The summed E-state index contributed by atoms with van der Waals surface area (Å²) < 4.78 is 25.6. The van der Waals surface area contributed by atoms with Gasteiger partial charge in [-0.1, -0.05) is 0 Å². The lowest BCUT2D eigenvalue weighted by Crippen LogP contribution is -2.51. The Kier molecular flexibility index (Phi) is 4.91. The fourth-order valence-corrected chi connectivity index (χ4v) is 3.42. The smallest absolute Gasteiger partial charge is 0.232 e. The van der Waals surface area contributed by atoms with Crippen molar-refractivity contribution in [2.24, 2.45) is 5.73 Å². The molecular weight excluding hydrogens is 242 g/mol. The van der Waals surface area contributed by atoms with Gasteiger partial charge < -0.3 is 11.1 Å². The minimum Gasteiger partial charge on any atom is -0.369 e. The topological polar surface area (TPSA) is 92.5 Å². The van der Waals surface area contributed by atoms with Crippen LogP contribution in [0.4, 0.5) is 0 Å². The molecule has 0 spiro atoms. The SMILES string of the molecule is CC(C)S(=O)(=O)N(CC(N)=O)C1CCNCC1. The average Bonchev–Trinajstić information content (AvgIpc) is 2.26. The second-order valence-electron chi connectivity index (χ2n) is 4.59. The molecule has 1 rings (SSSR count). The van der Waals surface area contributed by atoms with Gasteiger partial charge in [-0.15, -0.1) is 0 Å². The number of nitrogens with two attached hydrogens (primary N) is 1. The molecule has 1 aliphatic rings. The van der Waals surface area contributed by atoms with Crippen LogP contribution in [0.2, 0.25) is 0 Å². The standard InChI is InChI=1S/C10H21N3O3S/c1-8(2)17(15,16)13(7-10(11)14)9-3-5-12-6-4-9/h8-9,12H,3-7H2,1-2H3,(H2,11,14). The van der Waals surface area contributed by atoms with E-state index >= 15 is 0 Å². The van der Waals surface area contributed by atoms with Crippen molar-refractivity contribution in [3.8, 4) is 0 Å². The molecule has 7 heteroatoms. The average molecular weight is 263 g/mol. The molecule has 0 aromatic rings. The fourth-order valence-electron chi connectivity index (χ4n) is 1.95. The first-order chi connectivity index (χ1) is 7.85. The van der Waals surface area contributed by atoms with Crippen molar-refractivity contribution in [3.05, 3.63) is 0 Å². The Morgan fingerprint density at radius 3 is 2.35 bits per heavy atom. The van der Waals surface area contributed by atoms with Crippen LogP contribution in [0.25, 0.3) is 0 Å². The second kappa shape index (κ2) is 5.79. The van der Waals surface area contributed by atoms with Crippen LogP contribution in [0.1, 0.15) is 26.7 Å². The molecule has 0 aliphatic carbocycles. The quantitative estimate of drug-likeness (QED) is 0.683. The third kappa shape index (κ3) is 3.65. The van der Waals surface area contributed by atoms with Crippen molar-refractivity contribution in [1.29, 1.82) is 0 Å². The van der Waals surface area contributed by atoms with E-state index in [2.05, 4.69) is 5.32 Å². The summed E-state index contributed by atoms with van der Waals surface area (Å²) in [5.74, 6) is -0.604. The lowest BCUT2D eigenvalue weighted by Gasteiger charge is -2.34. The van der Waals surface area contributed by atoms with Crippen molar-refractivity contribution in [3.63, 3.8) is 0 Å². The zero-order valence-electron chi connectivity index (χ0n) is 10.3. The molecule has 1 amide bonds. The molecule has 1 saturated heterocycles. The van der Waals surface area contributed by atoms with E-state index in [1.165, 1.54) is 4.31 Å². The van der Waals surface area contributed by atoms with Gasteiger partial charge in [0.15, 0.2) is 0 Å². The predicted molar refractivity (Wildman–Crippen MR) is 65.8 cm³/mol. The molecule has 17 heavy (non-hydrogen) atoms. The largest absolute Gasteiger partial charge is 0.369 e. The summed E-state index contributed by atoms with van der Waals surface area (Å²) in [6.45, 7) is 4.56. The molecule has 3 N–H and O–H groups in total. The molecule has 0 aromatic heterocycles. The number of carbonyl (C=O) groups excluding carboxylic acids is 1. The zero-order chi connectivity index (χ0) is 13.1. The summed E-state index contributed by atoms with van der Waals surface area (Å²) in [7, 11) is -3.43. The maximum Gasteiger partial charge on any atom is 0.232 e. The Bertz CT molecular complexity index is 361. The van der Waals surface area contributed by atoms with Gasteiger partial charge in [0.2, 0.25) is 15.9 Å². The van der Waals surface area contributed by atoms with E-state index in [4.69, 9.17) is 5.73 Å². The van der Waals surface area contributed by atoms with Gasteiger partial charge >= 0.3 is 0 Å². The Labute approximate surface area is 103 Å². The van der Waals surface area contributed by atoms with Crippen LogP contribution in [0.5, 0.6) is 0 Å². The van der Waals surface area contributed by atoms with E-state index < -0.39 is 21.2 Å². The van der Waals surface area contributed by atoms with Gasteiger partial charge in [-0.3, -0.25) is 4.79 Å². The monoisotopic (exact) mass is 263 g/mol. The highest BCUT2D eigenvalue weighted by Gasteiger charge is 2.33. The van der Waals surface area contributed by atoms with Gasteiger partial charge in [0.1, 0.15) is 0 Å². The maximum absolute atomic E-state index is 12.2. The molecule has 0 atom stereocenters. The third-order valence-electron chi connectivity index (χ3n) is 2.95. The minimum atomic E-state index is -3.43. The first-order valence-corrected chi connectivity index (χ1v) is 7.35. The molecule has 0 bridgehead atoms. The van der Waals surface area contributed by atoms with Gasteiger partial charge in [-0.2, -0.15) is 4.31 Å². The predicted octanol–water partition coefficient (Wildman–Crippen LogP) is -0.736. The number of hydrogen-bond acceptors (Lipinski definition) is 4. The normalized spacial score (nSPS) is 18.8. The number of nitrogens with zero attached hydrogens (tertiary/aromatic N) is 1. The van der Waals surface area contributed by atoms with E-state index in [-0.39, 0.29) is 12.6 Å². The highest BCUT2D eigenvalue weighted by molar-refractivity contribution is 7.89. The third-order valence-corrected chi connectivity index (χ3v) is 5.22. The van der Waals surface area contributed by atoms with E-state index in [1.54, 1.807) is 13.8 Å². The lowest BCUT2D eigenvalue weighted by molar-refractivity contribution is -0.118. The van der Waals surface area contributed by atoms with Crippen molar-refractivity contribution in [2.75, 3.05) is 19.6 Å². The number of hydrogen-bond donors (Lipinski definition) is 2. The molecule has 0 unspecified atom stereocenters. The summed E-state index contributed by atoms with van der Waals surface area (Å²) in [5.41, 5.74) is 5.14. The van der Waals surface area contributed by atoms with Crippen molar-refractivity contribution >= 4 is 15.9 Å². The van der Waals surface area contributed by atoms with Crippen molar-refractivity contribution < 1.29 is 13.2 Å². The molecule has 6 nitrogen and oxygen atoms in total. The van der Waals surface area contributed by atoms with E-state index in [1.807, 2.05) is 0 Å². The van der Waals surface area contributed by atoms with E-state index in [0.29, 0.717) is 0 Å². The van der Waals surface area contributed by atoms with Gasteiger partial charge in [0, 0.05) is 6.04 Å². The number of primary amides is 1. The van der Waals surface area contributed by atoms with Crippen molar-refractivity contribution in [1.82, 2.24) is 9.62 Å². The van der Waals surface area contributed by atoms with Gasteiger partial charge in [-0.05, 0) is 39.8 Å². The van der Waals surface area contributed by atoms with Crippen LogP contribution < -0.4 is 11.1 Å². The van der Waals surface area contributed by atoms with Crippen molar-refractivity contribution in [2.45, 2.75) is 38.0 Å². The van der Waals surface area contributed by atoms with Crippen LogP contribution >= 0.6 is 0 Å². The Morgan fingerprint density at radius 1 is 1.41 bits per heavy atom. The minimum absolute atomic E-state index is 0.115. The van der Waals surface area contributed by atoms with Crippen LogP contribution in [-0.4, -0.2) is 49.6 Å². The molecule has 1 fully saturated rings. The van der Waals surface area contributed by atoms with Crippen LogP contribution in [0.15, 0.2) is 0 Å². The van der Waals surface area contributed by atoms with Crippen LogP contribution in [0, 0.1) is 0 Å². The number of nitrogens with one attached hydrogen (secondary N) is 1. The number of sulfonamides is 1. The highest BCUT2D eigenvalue weighted by atomic mass is 32.2.